The van der Waals surface area contributed by atoms with Gasteiger partial charge in [-0.3, -0.25) is 4.98 Å². The molecular formula is C50H37N3. The number of pyridine rings is 1. The van der Waals surface area contributed by atoms with Crippen molar-refractivity contribution in [2.75, 3.05) is 0 Å². The van der Waals surface area contributed by atoms with Gasteiger partial charge in [-0.25, -0.2) is 9.98 Å². The molecule has 0 bridgehead atoms. The second-order valence-corrected chi connectivity index (χ2v) is 13.0. The lowest BCUT2D eigenvalue weighted by atomic mass is 9.84. The first kappa shape index (κ1) is 33.2. The van der Waals surface area contributed by atoms with Gasteiger partial charge in [0.25, 0.3) is 0 Å². The van der Waals surface area contributed by atoms with Crippen molar-refractivity contribution in [1.29, 1.82) is 0 Å². The molecule has 7 aromatic carbocycles. The number of hydrogen-bond donors (Lipinski definition) is 0. The summed E-state index contributed by atoms with van der Waals surface area (Å²) < 4.78 is 0. The van der Waals surface area contributed by atoms with Crippen LogP contribution in [-0.2, 0) is 0 Å². The van der Waals surface area contributed by atoms with Crippen molar-refractivity contribution >= 4 is 28.1 Å². The molecule has 0 atom stereocenters. The molecular weight excluding hydrogens is 643 g/mol. The molecule has 3 heteroatoms. The molecule has 8 aromatic rings. The van der Waals surface area contributed by atoms with Crippen molar-refractivity contribution in [1.82, 2.24) is 4.98 Å². The largest absolute Gasteiger partial charge is 0.256 e. The van der Waals surface area contributed by atoms with Crippen molar-refractivity contribution in [3.63, 3.8) is 0 Å². The minimum absolute atomic E-state index is 0.598. The van der Waals surface area contributed by atoms with Gasteiger partial charge in [0.05, 0.1) is 11.2 Å². The van der Waals surface area contributed by atoms with E-state index in [0.717, 1.165) is 38.9 Å². The molecule has 252 valence electrons. The lowest BCUT2D eigenvalue weighted by molar-refractivity contribution is 1.40. The highest BCUT2D eigenvalue weighted by atomic mass is 14.9. The van der Waals surface area contributed by atoms with Crippen LogP contribution in [0.1, 0.15) is 23.6 Å². The van der Waals surface area contributed by atoms with Crippen LogP contribution < -0.4 is 0 Å². The summed E-state index contributed by atoms with van der Waals surface area (Å²) in [5.74, 6) is 0.598. The maximum Gasteiger partial charge on any atom is 0.160 e. The molecule has 0 unspecified atom stereocenters. The van der Waals surface area contributed by atoms with Crippen LogP contribution in [-0.4, -0.2) is 16.5 Å². The topological polar surface area (TPSA) is 37.6 Å². The van der Waals surface area contributed by atoms with E-state index < -0.39 is 0 Å². The number of aromatic nitrogens is 1. The van der Waals surface area contributed by atoms with E-state index in [1.165, 1.54) is 38.9 Å². The van der Waals surface area contributed by atoms with Crippen LogP contribution in [0.2, 0.25) is 0 Å². The van der Waals surface area contributed by atoms with Crippen molar-refractivity contribution in [3.8, 4) is 44.5 Å². The van der Waals surface area contributed by atoms with E-state index in [1.54, 1.807) is 0 Å². The molecule has 3 nitrogen and oxygen atoms in total. The van der Waals surface area contributed by atoms with Crippen molar-refractivity contribution in [2.45, 2.75) is 6.92 Å². The van der Waals surface area contributed by atoms with Gasteiger partial charge in [0.15, 0.2) is 5.84 Å². The summed E-state index contributed by atoms with van der Waals surface area (Å²) in [6.07, 6.45) is 1.81. The molecule has 1 aromatic heterocycles. The summed E-state index contributed by atoms with van der Waals surface area (Å²) >= 11 is 0. The van der Waals surface area contributed by atoms with Crippen LogP contribution >= 0.6 is 0 Å². The van der Waals surface area contributed by atoms with Crippen molar-refractivity contribution in [3.05, 3.63) is 218 Å². The van der Waals surface area contributed by atoms with Gasteiger partial charge >= 0.3 is 0 Å². The van der Waals surface area contributed by atoms with Crippen molar-refractivity contribution < 1.29 is 0 Å². The van der Waals surface area contributed by atoms with Crippen LogP contribution in [0.5, 0.6) is 0 Å². The minimum atomic E-state index is 0.598. The zero-order chi connectivity index (χ0) is 36.0. The molecule has 0 saturated carbocycles. The molecule has 0 N–H and O–H groups in total. The number of aliphatic imine (C=N–C) groups is 2. The summed E-state index contributed by atoms with van der Waals surface area (Å²) in [7, 11) is 0. The van der Waals surface area contributed by atoms with Crippen LogP contribution in [0.4, 0.5) is 0 Å². The zero-order valence-electron chi connectivity index (χ0n) is 29.5. The standard InChI is InChI=1S/C50H37N3/c1-35(37-16-7-3-8-17-37)52-50(44-29-30-48-43(32-44)24-15-31-51-48)53-36(2)38-25-27-42(28-26-38)49-46(40-20-11-5-12-21-40)33-45(39-18-9-4-10-19-39)34-47(49)41-22-13-6-14-23-41/h3-34H,1H2,2H3. The number of hydrogen-bond acceptors (Lipinski definition) is 2. The third-order valence-electron chi connectivity index (χ3n) is 9.49. The Labute approximate surface area is 311 Å². The van der Waals surface area contributed by atoms with E-state index in [9.17, 15) is 0 Å². The van der Waals surface area contributed by atoms with E-state index in [0.29, 0.717) is 11.5 Å². The fraction of sp³-hybridized carbons (Fsp3) is 0.0200. The van der Waals surface area contributed by atoms with Crippen LogP contribution in [0.15, 0.2) is 211 Å². The number of amidine groups is 1. The maximum atomic E-state index is 5.15. The molecule has 0 spiro atoms. The molecule has 0 aliphatic carbocycles. The molecule has 8 rings (SSSR count). The van der Waals surface area contributed by atoms with Gasteiger partial charge in [0, 0.05) is 22.9 Å². The number of fused-ring (bicyclic) bond motifs is 1. The Kier molecular flexibility index (Phi) is 9.46. The fourth-order valence-corrected chi connectivity index (χ4v) is 6.73. The molecule has 0 radical (unpaired) electrons. The fourth-order valence-electron chi connectivity index (χ4n) is 6.73. The zero-order valence-corrected chi connectivity index (χ0v) is 29.5. The van der Waals surface area contributed by atoms with Crippen molar-refractivity contribution in [2.24, 2.45) is 9.98 Å². The van der Waals surface area contributed by atoms with E-state index in [-0.39, 0.29) is 0 Å². The highest BCUT2D eigenvalue weighted by molar-refractivity contribution is 6.13. The quantitative estimate of drug-likeness (QED) is 0.116. The molecule has 0 fully saturated rings. The normalized spacial score (nSPS) is 11.8. The third-order valence-corrected chi connectivity index (χ3v) is 9.49. The highest BCUT2D eigenvalue weighted by Gasteiger charge is 2.17. The first-order valence-corrected chi connectivity index (χ1v) is 17.8. The summed E-state index contributed by atoms with van der Waals surface area (Å²) in [6, 6.07) is 65.5. The maximum absolute atomic E-state index is 5.15. The second-order valence-electron chi connectivity index (χ2n) is 13.0. The predicted molar refractivity (Wildman–Crippen MR) is 224 cm³/mol. The van der Waals surface area contributed by atoms with E-state index >= 15 is 0 Å². The first-order valence-electron chi connectivity index (χ1n) is 17.8. The molecule has 0 saturated heterocycles. The Morgan fingerprint density at radius 3 is 1.60 bits per heavy atom. The van der Waals surface area contributed by atoms with Gasteiger partial charge in [0.2, 0.25) is 0 Å². The van der Waals surface area contributed by atoms with E-state index in [2.05, 4.69) is 151 Å². The monoisotopic (exact) mass is 679 g/mol. The minimum Gasteiger partial charge on any atom is -0.256 e. The van der Waals surface area contributed by atoms with Gasteiger partial charge < -0.3 is 0 Å². The smallest absolute Gasteiger partial charge is 0.160 e. The Hall–Kier alpha value is -6.97. The van der Waals surface area contributed by atoms with Gasteiger partial charge in [-0.05, 0) is 99.0 Å². The third kappa shape index (κ3) is 7.28. The van der Waals surface area contributed by atoms with Crippen LogP contribution in [0.25, 0.3) is 61.1 Å². The van der Waals surface area contributed by atoms with Crippen LogP contribution in [0.3, 0.4) is 0 Å². The summed E-state index contributed by atoms with van der Waals surface area (Å²) in [4.78, 5) is 14.7. The van der Waals surface area contributed by atoms with Gasteiger partial charge in [-0.1, -0.05) is 158 Å². The van der Waals surface area contributed by atoms with E-state index in [1.807, 2.05) is 61.7 Å². The molecule has 53 heavy (non-hydrogen) atoms. The Morgan fingerprint density at radius 1 is 0.453 bits per heavy atom. The van der Waals surface area contributed by atoms with Crippen LogP contribution in [0, 0.1) is 0 Å². The lowest BCUT2D eigenvalue weighted by Crippen LogP contribution is -2.04. The number of rotatable bonds is 8. The molecule has 0 amide bonds. The average molecular weight is 680 g/mol. The average Bonchev–Trinajstić information content (AvgIpc) is 3.24. The van der Waals surface area contributed by atoms with Gasteiger partial charge in [-0.15, -0.1) is 0 Å². The first-order chi connectivity index (χ1) is 26.1. The van der Waals surface area contributed by atoms with Gasteiger partial charge in [-0.2, -0.15) is 0 Å². The highest BCUT2D eigenvalue weighted by Crippen LogP contribution is 2.43. The lowest BCUT2D eigenvalue weighted by Gasteiger charge is -2.19. The molecule has 0 aliphatic heterocycles. The second kappa shape index (κ2) is 15.1. The number of nitrogens with zero attached hydrogens (tertiary/aromatic N) is 3. The predicted octanol–water partition coefficient (Wildman–Crippen LogP) is 12.8. The molecule has 0 aliphatic rings. The summed E-state index contributed by atoms with van der Waals surface area (Å²) in [5.41, 5.74) is 14.7. The SMILES string of the molecule is C=C(N=C(N=C(C)c1ccc(-c2c(-c3ccccc3)cc(-c3ccccc3)cc2-c2ccccc2)cc1)c1ccc2ncccc2c1)c1ccccc1. The van der Waals surface area contributed by atoms with Gasteiger partial charge in [0.1, 0.15) is 0 Å². The Bertz CT molecular complexity index is 2530. The summed E-state index contributed by atoms with van der Waals surface area (Å²) in [6.45, 7) is 6.34. The van der Waals surface area contributed by atoms with E-state index in [4.69, 9.17) is 9.98 Å². The Balaban J connectivity index is 1.24. The number of benzene rings is 7. The molecule has 1 heterocycles. The Morgan fingerprint density at radius 2 is 1.00 bits per heavy atom. The summed E-state index contributed by atoms with van der Waals surface area (Å²) in [5, 5.41) is 1.03.